The lowest BCUT2D eigenvalue weighted by atomic mass is 10.1. The number of nitrogen functional groups attached to an aromatic ring is 2. The number of nitrogens with two attached hydrogens (primary N) is 2. The van der Waals surface area contributed by atoms with Crippen LogP contribution in [0.2, 0.25) is 0 Å². The summed E-state index contributed by atoms with van der Waals surface area (Å²) in [5, 5.41) is 12.3. The van der Waals surface area contributed by atoms with Gasteiger partial charge in [0, 0.05) is 5.56 Å². The zero-order valence-electron chi connectivity index (χ0n) is 18.2. The molecule has 0 radical (unpaired) electrons. The minimum Gasteiger partial charge on any atom is -0.382 e. The Morgan fingerprint density at radius 2 is 1.94 bits per heavy atom. The molecule has 172 valence electrons. The Hall–Kier alpha value is -4.66. The summed E-state index contributed by atoms with van der Waals surface area (Å²) in [7, 11) is 0. The predicted molar refractivity (Wildman–Crippen MR) is 122 cm³/mol. The quantitative estimate of drug-likeness (QED) is 0.404. The Bertz CT molecular complexity index is 1530. The molecule has 0 amide bonds. The number of benzene rings is 1. The molecule has 1 atom stereocenters. The molecule has 4 aromatic rings. The van der Waals surface area contributed by atoms with Gasteiger partial charge in [0.15, 0.2) is 5.82 Å². The van der Waals surface area contributed by atoms with E-state index in [0.717, 1.165) is 16.8 Å². The molecule has 0 aliphatic carbocycles. The summed E-state index contributed by atoms with van der Waals surface area (Å²) in [5.74, 6) is -1.53. The number of fused-ring (bicyclic) bond motifs is 1. The van der Waals surface area contributed by atoms with Crippen LogP contribution in [0.25, 0.3) is 16.6 Å². The van der Waals surface area contributed by atoms with E-state index in [4.69, 9.17) is 11.5 Å². The Kier molecular flexibility index (Phi) is 5.77. The largest absolute Gasteiger partial charge is 0.382 e. The van der Waals surface area contributed by atoms with Crippen molar-refractivity contribution in [2.45, 2.75) is 26.3 Å². The van der Waals surface area contributed by atoms with Gasteiger partial charge in [-0.05, 0) is 25.5 Å². The molecule has 12 heteroatoms. The fourth-order valence-electron chi connectivity index (χ4n) is 3.61. The van der Waals surface area contributed by atoms with Gasteiger partial charge < -0.3 is 16.8 Å². The van der Waals surface area contributed by atoms with Crippen molar-refractivity contribution in [2.24, 2.45) is 0 Å². The summed E-state index contributed by atoms with van der Waals surface area (Å²) in [6, 6.07) is 5.25. The number of rotatable bonds is 5. The van der Waals surface area contributed by atoms with Gasteiger partial charge in [0.05, 0.1) is 29.6 Å². The van der Waals surface area contributed by atoms with Crippen LogP contribution in [0.1, 0.15) is 36.3 Å². The van der Waals surface area contributed by atoms with Gasteiger partial charge in [-0.25, -0.2) is 13.8 Å². The van der Waals surface area contributed by atoms with Crippen molar-refractivity contribution in [3.8, 4) is 11.8 Å². The van der Waals surface area contributed by atoms with E-state index in [1.807, 2.05) is 6.07 Å². The number of halogens is 2. The fraction of sp³-hybridized carbons (Fsp3) is 0.182. The summed E-state index contributed by atoms with van der Waals surface area (Å²) in [4.78, 5) is 29.7. The maximum absolute atomic E-state index is 14.6. The lowest BCUT2D eigenvalue weighted by Crippen LogP contribution is -2.29. The Morgan fingerprint density at radius 1 is 1.18 bits per heavy atom. The van der Waals surface area contributed by atoms with Crippen LogP contribution < -0.4 is 22.3 Å². The second-order valence-corrected chi connectivity index (χ2v) is 7.42. The minimum absolute atomic E-state index is 0.0357. The first-order valence-electron chi connectivity index (χ1n) is 10.2. The highest BCUT2D eigenvalue weighted by Crippen LogP contribution is 2.28. The highest BCUT2D eigenvalue weighted by atomic mass is 19.1. The number of nitriles is 1. The second kappa shape index (κ2) is 8.70. The Balaban J connectivity index is 2.02. The maximum Gasteiger partial charge on any atom is 0.269 e. The molecule has 0 saturated carbocycles. The van der Waals surface area contributed by atoms with E-state index in [0.29, 0.717) is 6.42 Å². The van der Waals surface area contributed by atoms with E-state index in [2.05, 4.69) is 25.3 Å². The maximum atomic E-state index is 14.6. The molecule has 0 fully saturated rings. The van der Waals surface area contributed by atoms with Crippen molar-refractivity contribution in [1.82, 2.24) is 24.5 Å². The third-order valence-electron chi connectivity index (χ3n) is 5.34. The zero-order valence-corrected chi connectivity index (χ0v) is 18.2. The second-order valence-electron chi connectivity index (χ2n) is 7.42. The fourth-order valence-corrected chi connectivity index (χ4v) is 3.61. The molecule has 1 aromatic carbocycles. The predicted octanol–water partition coefficient (Wildman–Crippen LogP) is 2.76. The van der Waals surface area contributed by atoms with E-state index in [-0.39, 0.29) is 51.1 Å². The van der Waals surface area contributed by atoms with Crippen molar-refractivity contribution < 1.29 is 8.78 Å². The number of pyridine rings is 1. The van der Waals surface area contributed by atoms with Crippen molar-refractivity contribution in [3.05, 3.63) is 69.5 Å². The summed E-state index contributed by atoms with van der Waals surface area (Å²) in [6.07, 6.45) is 2.65. The lowest BCUT2D eigenvalue weighted by molar-refractivity contribution is 0.603. The molecule has 1 unspecified atom stereocenters. The van der Waals surface area contributed by atoms with Crippen molar-refractivity contribution >= 4 is 28.5 Å². The normalized spacial score (nSPS) is 11.9. The zero-order chi connectivity index (χ0) is 24.6. The molecule has 0 bridgehead atoms. The topological polar surface area (TPSA) is 161 Å². The van der Waals surface area contributed by atoms with Crippen LogP contribution in [0.3, 0.4) is 0 Å². The number of nitrogens with one attached hydrogen (secondary N) is 1. The van der Waals surface area contributed by atoms with Gasteiger partial charge in [-0.3, -0.25) is 14.3 Å². The molecule has 4 rings (SSSR count). The van der Waals surface area contributed by atoms with Crippen LogP contribution >= 0.6 is 0 Å². The number of anilines is 3. The van der Waals surface area contributed by atoms with Crippen LogP contribution in [0.15, 0.2) is 35.4 Å². The molecule has 3 heterocycles. The average molecular weight is 463 g/mol. The smallest absolute Gasteiger partial charge is 0.269 e. The molecule has 3 aromatic heterocycles. The molecule has 5 N–H and O–H groups in total. The van der Waals surface area contributed by atoms with Gasteiger partial charge >= 0.3 is 0 Å². The SMILES string of the molecule is CCC(Nc1nc(N)nc(N)c1C#N)c1nc2cccc(F)c2c(=O)n1-c1cncc(F)c1C. The van der Waals surface area contributed by atoms with Gasteiger partial charge in [-0.1, -0.05) is 13.0 Å². The molecule has 0 spiro atoms. The minimum atomic E-state index is -0.763. The van der Waals surface area contributed by atoms with Crippen molar-refractivity contribution in [3.63, 3.8) is 0 Å². The van der Waals surface area contributed by atoms with Crippen molar-refractivity contribution in [2.75, 3.05) is 16.8 Å². The number of nitrogens with zero attached hydrogens (tertiary/aromatic N) is 6. The first-order valence-corrected chi connectivity index (χ1v) is 10.2. The monoisotopic (exact) mass is 463 g/mol. The number of hydrogen-bond donors (Lipinski definition) is 3. The third kappa shape index (κ3) is 3.73. The van der Waals surface area contributed by atoms with Gasteiger partial charge in [-0.2, -0.15) is 15.2 Å². The summed E-state index contributed by atoms with van der Waals surface area (Å²) in [6.45, 7) is 3.27. The van der Waals surface area contributed by atoms with Crippen molar-refractivity contribution in [1.29, 1.82) is 5.26 Å². The molecule has 0 aliphatic heterocycles. The number of aromatic nitrogens is 5. The summed E-state index contributed by atoms with van der Waals surface area (Å²) < 4.78 is 30.1. The highest BCUT2D eigenvalue weighted by molar-refractivity contribution is 5.79. The van der Waals surface area contributed by atoms with Crippen LogP contribution in [-0.4, -0.2) is 24.5 Å². The Morgan fingerprint density at radius 3 is 2.65 bits per heavy atom. The molecular formula is C22H19F2N9O. The summed E-state index contributed by atoms with van der Waals surface area (Å²) >= 11 is 0. The number of hydrogen-bond acceptors (Lipinski definition) is 9. The molecule has 0 aliphatic rings. The van der Waals surface area contributed by atoms with E-state index in [1.165, 1.54) is 25.3 Å². The van der Waals surface area contributed by atoms with Gasteiger partial charge in [0.1, 0.15) is 40.3 Å². The third-order valence-corrected chi connectivity index (χ3v) is 5.34. The van der Waals surface area contributed by atoms with E-state index >= 15 is 0 Å². The summed E-state index contributed by atoms with van der Waals surface area (Å²) in [5.41, 5.74) is 11.1. The molecule has 10 nitrogen and oxygen atoms in total. The van der Waals surface area contributed by atoms with Crippen LogP contribution in [0.5, 0.6) is 0 Å². The van der Waals surface area contributed by atoms with E-state index in [9.17, 15) is 18.8 Å². The van der Waals surface area contributed by atoms with Gasteiger partial charge in [-0.15, -0.1) is 0 Å². The Labute approximate surface area is 191 Å². The standard InChI is InChI=1S/C22H19F2N9O/c1-3-14(29-19-11(7-25)18(26)31-22(27)32-19)20-30-15-6-4-5-12(23)17(15)21(34)33(20)16-9-28-8-13(24)10(16)2/h4-6,8-9,14H,3H2,1-2H3,(H5,26,27,29,31,32). The average Bonchev–Trinajstić information content (AvgIpc) is 2.79. The van der Waals surface area contributed by atoms with Crippen LogP contribution in [0.4, 0.5) is 26.4 Å². The van der Waals surface area contributed by atoms with Gasteiger partial charge in [0.2, 0.25) is 5.95 Å². The molecule has 34 heavy (non-hydrogen) atoms. The first kappa shape index (κ1) is 22.5. The first-order chi connectivity index (χ1) is 16.3. The van der Waals surface area contributed by atoms with E-state index in [1.54, 1.807) is 6.92 Å². The van der Waals surface area contributed by atoms with Crippen LogP contribution in [0, 0.1) is 29.9 Å². The van der Waals surface area contributed by atoms with Gasteiger partial charge in [0.25, 0.3) is 5.56 Å². The molecule has 0 saturated heterocycles. The highest BCUT2D eigenvalue weighted by Gasteiger charge is 2.25. The lowest BCUT2D eigenvalue weighted by Gasteiger charge is -2.23. The van der Waals surface area contributed by atoms with E-state index < -0.39 is 23.2 Å². The molecular weight excluding hydrogens is 444 g/mol. The van der Waals surface area contributed by atoms with Crippen LogP contribution in [-0.2, 0) is 0 Å².